The Labute approximate surface area is 203 Å². The predicted octanol–water partition coefficient (Wildman–Crippen LogP) is 6.82. The molecule has 34 heavy (non-hydrogen) atoms. The van der Waals surface area contributed by atoms with Gasteiger partial charge >= 0.3 is 0 Å². The highest BCUT2D eigenvalue weighted by atomic mass is 35.5. The summed E-state index contributed by atoms with van der Waals surface area (Å²) in [6.07, 6.45) is 8.43. The second kappa shape index (κ2) is 9.80. The molecule has 2 fully saturated rings. The Balaban J connectivity index is 0.000000252. The lowest BCUT2D eigenvalue weighted by atomic mass is 9.88. The van der Waals surface area contributed by atoms with Gasteiger partial charge in [-0.25, -0.2) is 14.4 Å². The minimum Gasteiger partial charge on any atom is -0.381 e. The van der Waals surface area contributed by atoms with E-state index in [1.54, 1.807) is 12.1 Å². The molecule has 2 aliphatic rings. The van der Waals surface area contributed by atoms with E-state index in [2.05, 4.69) is 17.2 Å². The number of ether oxygens (including phenoxy) is 1. The van der Waals surface area contributed by atoms with Gasteiger partial charge in [0.2, 0.25) is 0 Å². The Kier molecular flexibility index (Phi) is 6.61. The fourth-order valence-electron chi connectivity index (χ4n) is 4.37. The number of aromatic nitrogens is 4. The summed E-state index contributed by atoms with van der Waals surface area (Å²) in [5, 5.41) is 4.48. The SMILES string of the molecule is Cc1nc2cc(C3CCOCC3)cc(-c3ccc(Cl)cc3F)c2nc1C.c1cnn(C2CC2)c1. The molecule has 3 heterocycles. The van der Waals surface area contributed by atoms with Crippen molar-refractivity contribution in [3.63, 3.8) is 0 Å². The Morgan fingerprint density at radius 3 is 2.41 bits per heavy atom. The first-order valence-corrected chi connectivity index (χ1v) is 12.2. The lowest BCUT2D eigenvalue weighted by Gasteiger charge is -2.23. The van der Waals surface area contributed by atoms with Crippen molar-refractivity contribution in [2.45, 2.75) is 51.5 Å². The van der Waals surface area contributed by atoms with Gasteiger partial charge in [-0.2, -0.15) is 5.10 Å². The predicted molar refractivity (Wildman–Crippen MR) is 133 cm³/mol. The van der Waals surface area contributed by atoms with Crippen LogP contribution in [-0.4, -0.2) is 33.0 Å². The maximum atomic E-state index is 14.7. The van der Waals surface area contributed by atoms with Crippen LogP contribution >= 0.6 is 11.6 Å². The molecule has 1 aliphatic carbocycles. The molecule has 1 saturated heterocycles. The van der Waals surface area contributed by atoms with Crippen LogP contribution in [0.15, 0.2) is 48.8 Å². The monoisotopic (exact) mass is 478 g/mol. The number of nitrogens with zero attached hydrogens (tertiary/aromatic N) is 4. The topological polar surface area (TPSA) is 52.8 Å². The lowest BCUT2D eigenvalue weighted by molar-refractivity contribution is 0.0853. The van der Waals surface area contributed by atoms with E-state index >= 15 is 0 Å². The fraction of sp³-hybridized carbons (Fsp3) is 0.370. The standard InChI is InChI=1S/C21H20ClFN2O.C6H8N2/c1-12-13(2)25-21-18(17-4-3-16(22)11-19(17)23)9-15(10-20(21)24-12)14-5-7-26-8-6-14;1-4-7-8(5-1)6-2-3-6/h3-4,9-11,14H,5-8H2,1-2H3;1,4-6H,2-3H2. The minimum absolute atomic E-state index is 0.344. The summed E-state index contributed by atoms with van der Waals surface area (Å²) >= 11 is 5.94. The third-order valence-corrected chi connectivity index (χ3v) is 6.80. The molecule has 1 saturated carbocycles. The zero-order chi connectivity index (χ0) is 23.7. The summed E-state index contributed by atoms with van der Waals surface area (Å²) in [6.45, 7) is 5.39. The molecule has 0 N–H and O–H groups in total. The lowest BCUT2D eigenvalue weighted by Crippen LogP contribution is -2.14. The van der Waals surface area contributed by atoms with Crippen molar-refractivity contribution in [1.29, 1.82) is 0 Å². The largest absolute Gasteiger partial charge is 0.381 e. The van der Waals surface area contributed by atoms with Crippen molar-refractivity contribution >= 4 is 22.6 Å². The molecule has 176 valence electrons. The zero-order valence-corrected chi connectivity index (χ0v) is 20.2. The minimum atomic E-state index is -0.344. The Hall–Kier alpha value is -2.83. The summed E-state index contributed by atoms with van der Waals surface area (Å²) in [5.41, 5.74) is 5.73. The number of hydrogen-bond acceptors (Lipinski definition) is 4. The third kappa shape index (κ3) is 4.98. The summed E-state index contributed by atoms with van der Waals surface area (Å²) in [5.74, 6) is 0.0497. The number of benzene rings is 2. The van der Waals surface area contributed by atoms with E-state index < -0.39 is 0 Å². The molecule has 6 rings (SSSR count). The number of rotatable bonds is 3. The van der Waals surface area contributed by atoms with E-state index in [0.29, 0.717) is 16.5 Å². The first-order valence-electron chi connectivity index (χ1n) is 11.8. The van der Waals surface area contributed by atoms with Crippen molar-refractivity contribution in [3.05, 3.63) is 76.6 Å². The number of halogens is 2. The second-order valence-electron chi connectivity index (χ2n) is 9.06. The van der Waals surface area contributed by atoms with Gasteiger partial charge in [0.25, 0.3) is 0 Å². The first kappa shape index (κ1) is 22.9. The van der Waals surface area contributed by atoms with Crippen molar-refractivity contribution in [3.8, 4) is 11.1 Å². The molecule has 2 aromatic carbocycles. The molecule has 0 radical (unpaired) electrons. The van der Waals surface area contributed by atoms with Crippen LogP contribution in [0.2, 0.25) is 5.02 Å². The average molecular weight is 479 g/mol. The average Bonchev–Trinajstić information content (AvgIpc) is 3.54. The van der Waals surface area contributed by atoms with E-state index in [9.17, 15) is 4.39 Å². The van der Waals surface area contributed by atoms with Crippen molar-refractivity contribution in [2.75, 3.05) is 13.2 Å². The van der Waals surface area contributed by atoms with Crippen LogP contribution in [0, 0.1) is 19.7 Å². The van der Waals surface area contributed by atoms with Crippen LogP contribution in [0.5, 0.6) is 0 Å². The van der Waals surface area contributed by atoms with Gasteiger partial charge in [0.1, 0.15) is 5.82 Å². The fourth-order valence-corrected chi connectivity index (χ4v) is 4.53. The molecule has 0 amide bonds. The Morgan fingerprint density at radius 2 is 1.74 bits per heavy atom. The normalized spacial score (nSPS) is 16.4. The van der Waals surface area contributed by atoms with Gasteiger partial charge in [0.15, 0.2) is 0 Å². The summed E-state index contributed by atoms with van der Waals surface area (Å²) < 4.78 is 22.2. The zero-order valence-electron chi connectivity index (χ0n) is 19.5. The van der Waals surface area contributed by atoms with Gasteiger partial charge in [-0.1, -0.05) is 11.6 Å². The van der Waals surface area contributed by atoms with Gasteiger partial charge in [-0.3, -0.25) is 4.68 Å². The maximum Gasteiger partial charge on any atom is 0.132 e. The molecule has 2 aromatic heterocycles. The Morgan fingerprint density at radius 1 is 0.971 bits per heavy atom. The molecule has 7 heteroatoms. The van der Waals surface area contributed by atoms with Crippen LogP contribution in [0.4, 0.5) is 4.39 Å². The molecule has 5 nitrogen and oxygen atoms in total. The van der Waals surface area contributed by atoms with Crippen LogP contribution < -0.4 is 0 Å². The van der Waals surface area contributed by atoms with Gasteiger partial charge < -0.3 is 4.74 Å². The van der Waals surface area contributed by atoms with Crippen LogP contribution in [0.25, 0.3) is 22.2 Å². The Bertz CT molecular complexity index is 1300. The smallest absolute Gasteiger partial charge is 0.132 e. The summed E-state index contributed by atoms with van der Waals surface area (Å²) in [7, 11) is 0. The van der Waals surface area contributed by atoms with Crippen molar-refractivity contribution < 1.29 is 9.13 Å². The quantitative estimate of drug-likeness (QED) is 0.324. The van der Waals surface area contributed by atoms with Crippen LogP contribution in [-0.2, 0) is 4.74 Å². The van der Waals surface area contributed by atoms with Gasteiger partial charge in [-0.15, -0.1) is 0 Å². The van der Waals surface area contributed by atoms with E-state index in [4.69, 9.17) is 26.3 Å². The first-order chi connectivity index (χ1) is 16.5. The molecule has 0 unspecified atom stereocenters. The summed E-state index contributed by atoms with van der Waals surface area (Å²) in [4.78, 5) is 9.44. The molecular weight excluding hydrogens is 451 g/mol. The number of fused-ring (bicyclic) bond motifs is 1. The van der Waals surface area contributed by atoms with Crippen LogP contribution in [0.1, 0.15) is 54.6 Å². The molecule has 0 bridgehead atoms. The molecule has 0 spiro atoms. The number of aryl methyl sites for hydroxylation is 2. The molecular formula is C27H28ClFN4O. The van der Waals surface area contributed by atoms with Gasteiger partial charge in [-0.05, 0) is 87.4 Å². The van der Waals surface area contributed by atoms with Crippen molar-refractivity contribution in [2.24, 2.45) is 0 Å². The second-order valence-corrected chi connectivity index (χ2v) is 9.50. The maximum absolute atomic E-state index is 14.7. The van der Waals surface area contributed by atoms with E-state index in [1.165, 1.54) is 24.5 Å². The van der Waals surface area contributed by atoms with Crippen LogP contribution in [0.3, 0.4) is 0 Å². The van der Waals surface area contributed by atoms with Crippen molar-refractivity contribution in [1.82, 2.24) is 19.7 Å². The third-order valence-electron chi connectivity index (χ3n) is 6.56. The highest BCUT2D eigenvalue weighted by Gasteiger charge is 2.23. The number of hydrogen-bond donors (Lipinski definition) is 0. The van der Waals surface area contributed by atoms with Gasteiger partial charge in [0, 0.05) is 41.8 Å². The van der Waals surface area contributed by atoms with Gasteiger partial charge in [0.05, 0.1) is 28.5 Å². The van der Waals surface area contributed by atoms with E-state index in [-0.39, 0.29) is 5.82 Å². The van der Waals surface area contributed by atoms with E-state index in [1.807, 2.05) is 37.0 Å². The highest BCUT2D eigenvalue weighted by Crippen LogP contribution is 2.36. The molecule has 0 atom stereocenters. The highest BCUT2D eigenvalue weighted by molar-refractivity contribution is 6.30. The summed E-state index contributed by atoms with van der Waals surface area (Å²) in [6, 6.07) is 11.6. The molecule has 4 aromatic rings. The molecule has 1 aliphatic heterocycles. The van der Waals surface area contributed by atoms with E-state index in [0.717, 1.165) is 60.1 Å².